The van der Waals surface area contributed by atoms with Gasteiger partial charge in [-0.2, -0.15) is 11.3 Å². The van der Waals surface area contributed by atoms with Gasteiger partial charge in [-0.3, -0.25) is 0 Å². The molecule has 7 rings (SSSR count). The first-order valence-corrected chi connectivity index (χ1v) is 12.9. The molecule has 5 aromatic heterocycles. The van der Waals surface area contributed by atoms with Crippen molar-refractivity contribution < 1.29 is 24.5 Å². The van der Waals surface area contributed by atoms with E-state index in [1.807, 2.05) is 74.8 Å². The molecule has 0 unspecified atom stereocenters. The van der Waals surface area contributed by atoms with E-state index in [1.54, 1.807) is 11.3 Å². The summed E-state index contributed by atoms with van der Waals surface area (Å²) >= 11 is 1.71. The van der Waals surface area contributed by atoms with Crippen molar-refractivity contribution in [2.75, 3.05) is 0 Å². The number of furan rings is 1. The van der Waals surface area contributed by atoms with Crippen molar-refractivity contribution in [1.82, 2.24) is 15.0 Å². The third kappa shape index (κ3) is 4.91. The summed E-state index contributed by atoms with van der Waals surface area (Å²) in [5.74, 6) is 0. The van der Waals surface area contributed by atoms with Gasteiger partial charge in [0.1, 0.15) is 0 Å². The quantitative estimate of drug-likeness (QED) is 0.171. The Balaban J connectivity index is 0.000000179. The Hall–Kier alpha value is -3.70. The molecule has 4 nitrogen and oxygen atoms in total. The Morgan fingerprint density at radius 1 is 0.816 bits per heavy atom. The van der Waals surface area contributed by atoms with Gasteiger partial charge in [0.05, 0.1) is 5.58 Å². The van der Waals surface area contributed by atoms with Gasteiger partial charge in [-0.25, -0.2) is 4.98 Å². The van der Waals surface area contributed by atoms with Crippen molar-refractivity contribution >= 4 is 43.5 Å². The SMILES string of the molecule is Cc1ccc(-c2[c-]cccc2)nc1.Cc1ccc2c(n1)oc1c(-c3nccc4c(C)csc34)[c-]ccc12.[Ir]. The fourth-order valence-corrected chi connectivity index (χ4v) is 5.38. The number of fused-ring (bicyclic) bond motifs is 4. The second-order valence-corrected chi connectivity index (χ2v) is 9.83. The number of hydrogen-bond donors (Lipinski definition) is 0. The minimum Gasteiger partial charge on any atom is -0.486 e. The summed E-state index contributed by atoms with van der Waals surface area (Å²) in [7, 11) is 0. The van der Waals surface area contributed by atoms with E-state index in [4.69, 9.17) is 4.42 Å². The molecule has 0 saturated heterocycles. The van der Waals surface area contributed by atoms with Crippen LogP contribution in [0.15, 0.2) is 88.9 Å². The van der Waals surface area contributed by atoms with Crippen molar-refractivity contribution in [3.8, 4) is 22.5 Å². The van der Waals surface area contributed by atoms with Gasteiger partial charge in [0.2, 0.25) is 5.71 Å². The first-order valence-electron chi connectivity index (χ1n) is 12.0. The maximum atomic E-state index is 6.10. The largest absolute Gasteiger partial charge is 0.486 e. The number of aryl methyl sites for hydroxylation is 3. The molecule has 0 aliphatic heterocycles. The second kappa shape index (κ2) is 11.0. The van der Waals surface area contributed by atoms with Gasteiger partial charge < -0.3 is 14.4 Å². The first kappa shape index (κ1) is 25.9. The molecule has 2 aromatic carbocycles. The van der Waals surface area contributed by atoms with Crippen molar-refractivity contribution in [3.05, 3.63) is 113 Å². The number of hydrogen-bond acceptors (Lipinski definition) is 5. The minimum atomic E-state index is 0. The van der Waals surface area contributed by atoms with E-state index in [0.717, 1.165) is 44.6 Å². The topological polar surface area (TPSA) is 51.8 Å². The average Bonchev–Trinajstić information content (AvgIpc) is 3.50. The summed E-state index contributed by atoms with van der Waals surface area (Å²) in [6.07, 6.45) is 3.73. The molecule has 0 aliphatic carbocycles. The zero-order valence-corrected chi connectivity index (χ0v) is 24.3. The van der Waals surface area contributed by atoms with Crippen LogP contribution in [0.3, 0.4) is 0 Å². The maximum Gasteiger partial charge on any atom is 0.216 e. The molecular formula is C32H23IrN3OS-2. The van der Waals surface area contributed by atoms with Gasteiger partial charge in [-0.1, -0.05) is 23.1 Å². The number of thiophene rings is 1. The Bertz CT molecular complexity index is 1860. The van der Waals surface area contributed by atoms with Gasteiger partial charge in [0.25, 0.3) is 0 Å². The average molecular weight is 690 g/mol. The molecule has 7 aromatic rings. The van der Waals surface area contributed by atoms with Crippen LogP contribution in [-0.2, 0) is 20.1 Å². The van der Waals surface area contributed by atoms with Crippen molar-refractivity contribution in [2.24, 2.45) is 0 Å². The Labute approximate surface area is 238 Å². The summed E-state index contributed by atoms with van der Waals surface area (Å²) in [6, 6.07) is 28.5. The molecule has 0 N–H and O–H groups in total. The van der Waals surface area contributed by atoms with E-state index in [-0.39, 0.29) is 20.1 Å². The van der Waals surface area contributed by atoms with Crippen molar-refractivity contribution in [1.29, 1.82) is 0 Å². The molecule has 0 atom stereocenters. The van der Waals surface area contributed by atoms with Crippen LogP contribution in [0.25, 0.3) is 54.7 Å². The van der Waals surface area contributed by atoms with Gasteiger partial charge in [0.15, 0.2) is 0 Å². The van der Waals surface area contributed by atoms with Crippen LogP contribution >= 0.6 is 11.3 Å². The summed E-state index contributed by atoms with van der Waals surface area (Å²) in [5.41, 5.74) is 8.71. The van der Waals surface area contributed by atoms with Crippen LogP contribution in [0.4, 0.5) is 0 Å². The van der Waals surface area contributed by atoms with Crippen LogP contribution in [0.1, 0.15) is 16.8 Å². The third-order valence-electron chi connectivity index (χ3n) is 6.25. The van der Waals surface area contributed by atoms with Crippen LogP contribution in [0.5, 0.6) is 0 Å². The zero-order chi connectivity index (χ0) is 25.4. The van der Waals surface area contributed by atoms with E-state index >= 15 is 0 Å². The van der Waals surface area contributed by atoms with Gasteiger partial charge in [-0.05, 0) is 66.6 Å². The summed E-state index contributed by atoms with van der Waals surface area (Å²) in [6.45, 7) is 6.13. The molecule has 0 aliphatic rings. The Morgan fingerprint density at radius 2 is 1.71 bits per heavy atom. The van der Waals surface area contributed by atoms with Crippen LogP contribution < -0.4 is 0 Å². The zero-order valence-electron chi connectivity index (χ0n) is 21.1. The molecule has 38 heavy (non-hydrogen) atoms. The number of benzene rings is 2. The van der Waals surface area contributed by atoms with Crippen LogP contribution in [0, 0.1) is 32.9 Å². The van der Waals surface area contributed by atoms with Crippen molar-refractivity contribution in [3.63, 3.8) is 0 Å². The number of pyridine rings is 3. The summed E-state index contributed by atoms with van der Waals surface area (Å²) < 4.78 is 7.27. The van der Waals surface area contributed by atoms with Gasteiger partial charge >= 0.3 is 0 Å². The number of aromatic nitrogens is 3. The minimum absolute atomic E-state index is 0. The van der Waals surface area contributed by atoms with E-state index in [1.165, 1.54) is 21.2 Å². The molecular weight excluding hydrogens is 667 g/mol. The molecule has 0 fully saturated rings. The monoisotopic (exact) mass is 690 g/mol. The molecule has 1 radical (unpaired) electrons. The molecule has 189 valence electrons. The normalized spacial score (nSPS) is 10.8. The van der Waals surface area contributed by atoms with Crippen molar-refractivity contribution in [2.45, 2.75) is 20.8 Å². The van der Waals surface area contributed by atoms with Crippen LogP contribution in [-0.4, -0.2) is 15.0 Å². The third-order valence-corrected chi connectivity index (χ3v) is 7.37. The van der Waals surface area contributed by atoms with E-state index in [9.17, 15) is 0 Å². The fourth-order valence-electron chi connectivity index (χ4n) is 4.34. The maximum absolute atomic E-state index is 6.10. The number of rotatable bonds is 2. The predicted molar refractivity (Wildman–Crippen MR) is 152 cm³/mol. The molecule has 0 bridgehead atoms. The second-order valence-electron chi connectivity index (χ2n) is 8.95. The van der Waals surface area contributed by atoms with Crippen LogP contribution in [0.2, 0.25) is 0 Å². The summed E-state index contributed by atoms with van der Waals surface area (Å²) in [5, 5.41) is 5.48. The number of nitrogens with zero attached hydrogens (tertiary/aromatic N) is 3. The first-order chi connectivity index (χ1) is 18.1. The van der Waals surface area contributed by atoms with E-state index < -0.39 is 0 Å². The molecule has 0 saturated carbocycles. The Kier molecular flexibility index (Phi) is 7.48. The predicted octanol–water partition coefficient (Wildman–Crippen LogP) is 8.53. The Morgan fingerprint density at radius 3 is 2.50 bits per heavy atom. The van der Waals surface area contributed by atoms with E-state index in [0.29, 0.717) is 5.71 Å². The molecule has 5 heterocycles. The standard InChI is InChI=1S/C20H13N2OS.C12H10N.Ir/c1-11-10-24-19-13(11)8-9-21-17(19)16-5-3-4-14-15-7-6-12(2)22-20(15)23-18(14)16;1-10-7-8-12(13-9-10)11-5-3-2-4-6-11;/h3-4,6-10H,1-2H3;2-5,7-9H,1H3;/q2*-1;. The molecule has 6 heteroatoms. The fraction of sp³-hybridized carbons (Fsp3) is 0.0938. The van der Waals surface area contributed by atoms with Gasteiger partial charge in [0, 0.05) is 54.0 Å². The van der Waals surface area contributed by atoms with Gasteiger partial charge in [-0.15, -0.1) is 54.1 Å². The van der Waals surface area contributed by atoms with E-state index in [2.05, 4.69) is 57.6 Å². The summed E-state index contributed by atoms with van der Waals surface area (Å²) in [4.78, 5) is 13.5. The molecule has 0 amide bonds. The smallest absolute Gasteiger partial charge is 0.216 e. The molecule has 0 spiro atoms.